The molecule has 4 heteroatoms. The molecule has 0 spiro atoms. The molecule has 0 aliphatic rings. The monoisotopic (exact) mass is 186 g/mol. The van der Waals surface area contributed by atoms with E-state index in [0.717, 1.165) is 0 Å². The van der Waals surface area contributed by atoms with Crippen LogP contribution in [0.3, 0.4) is 0 Å². The maximum Gasteiger partial charge on any atom is 0.125 e. The fraction of sp³-hybridized carbons (Fsp3) is 0.333. The van der Waals surface area contributed by atoms with Crippen molar-refractivity contribution in [3.05, 3.63) is 30.1 Å². The third kappa shape index (κ3) is 7.24. The first-order valence-corrected chi connectivity index (χ1v) is 3.97. The molecule has 0 saturated heterocycles. The highest BCUT2D eigenvalue weighted by Gasteiger charge is 1.85. The zero-order chi connectivity index (χ0) is 10.1. The van der Waals surface area contributed by atoms with Crippen LogP contribution in [-0.2, 0) is 0 Å². The van der Waals surface area contributed by atoms with E-state index >= 15 is 0 Å². The van der Waals surface area contributed by atoms with Crippen LogP contribution in [0.1, 0.15) is 0 Å². The summed E-state index contributed by atoms with van der Waals surface area (Å²) < 4.78 is 12.1. The first kappa shape index (κ1) is 11.9. The lowest BCUT2D eigenvalue weighted by Gasteiger charge is -1.88. The molecule has 0 heterocycles. The molecule has 0 saturated carbocycles. The van der Waals surface area contributed by atoms with Gasteiger partial charge in [0.05, 0.1) is 6.61 Å². The number of nitrogens with two attached hydrogens (primary N) is 1. The summed E-state index contributed by atoms with van der Waals surface area (Å²) in [5.41, 5.74) is 5.68. The molecule has 0 bridgehead atoms. The Morgan fingerprint density at radius 1 is 1.54 bits per heavy atom. The van der Waals surface area contributed by atoms with Crippen LogP contribution in [0.5, 0.6) is 0 Å². The van der Waals surface area contributed by atoms with E-state index < -0.39 is 0 Å². The van der Waals surface area contributed by atoms with Gasteiger partial charge < -0.3 is 16.2 Å². The Morgan fingerprint density at radius 3 is 2.46 bits per heavy atom. The van der Waals surface area contributed by atoms with E-state index in [1.807, 2.05) is 0 Å². The number of anilines is 1. The lowest BCUT2D eigenvalue weighted by molar-refractivity contribution is 0.296. The van der Waals surface area contributed by atoms with Crippen LogP contribution in [0.2, 0.25) is 0 Å². The first-order chi connectivity index (χ1) is 6.20. The minimum absolute atomic E-state index is 0.233. The smallest absolute Gasteiger partial charge is 0.125 e. The van der Waals surface area contributed by atoms with Gasteiger partial charge in [0.15, 0.2) is 0 Å². The highest BCUT2D eigenvalue weighted by atomic mass is 19.1. The Morgan fingerprint density at radius 2 is 2.23 bits per heavy atom. The predicted molar refractivity (Wildman–Crippen MR) is 51.8 cm³/mol. The number of rotatable bonds is 2. The van der Waals surface area contributed by atoms with Crippen molar-refractivity contribution in [3.63, 3.8) is 0 Å². The van der Waals surface area contributed by atoms with Gasteiger partial charge in [-0.15, -0.1) is 0 Å². The zero-order valence-corrected chi connectivity index (χ0v) is 7.63. The molecule has 0 fully saturated rings. The second kappa shape index (κ2) is 7.52. The fourth-order valence-electron chi connectivity index (χ4n) is 0.618. The summed E-state index contributed by atoms with van der Waals surface area (Å²) in [6.45, 7) is 0.927. The number of aliphatic hydroxyl groups is 1. The number of benzene rings is 1. The van der Waals surface area contributed by atoms with E-state index in [1.165, 1.54) is 12.1 Å². The van der Waals surface area contributed by atoms with Crippen molar-refractivity contribution in [2.75, 3.05) is 25.9 Å². The van der Waals surface area contributed by atoms with Gasteiger partial charge in [-0.2, -0.15) is 0 Å². The molecule has 74 valence electrons. The normalized spacial score (nSPS) is 8.85. The van der Waals surface area contributed by atoms with Crippen molar-refractivity contribution in [1.29, 1.82) is 0 Å². The van der Waals surface area contributed by atoms with Crippen molar-refractivity contribution < 1.29 is 9.50 Å². The van der Waals surface area contributed by atoms with Gasteiger partial charge in [0.25, 0.3) is 0 Å². The summed E-state index contributed by atoms with van der Waals surface area (Å²) in [7, 11) is 1.80. The Hall–Kier alpha value is -1.13. The second-order valence-corrected chi connectivity index (χ2v) is 2.38. The van der Waals surface area contributed by atoms with Crippen LogP contribution in [0.15, 0.2) is 24.3 Å². The minimum atomic E-state index is -0.287. The molecule has 4 N–H and O–H groups in total. The predicted octanol–water partition coefficient (Wildman–Crippen LogP) is 0.606. The maximum absolute atomic E-state index is 12.1. The molecule has 3 nitrogen and oxygen atoms in total. The molecule has 1 aromatic rings. The van der Waals surface area contributed by atoms with E-state index in [4.69, 9.17) is 10.8 Å². The molecule has 0 aromatic heterocycles. The van der Waals surface area contributed by atoms with Crippen LogP contribution >= 0.6 is 0 Å². The number of hydrogen-bond donors (Lipinski definition) is 3. The number of nitrogens with one attached hydrogen (secondary N) is 1. The van der Waals surface area contributed by atoms with Gasteiger partial charge in [-0.05, 0) is 25.2 Å². The van der Waals surface area contributed by atoms with Gasteiger partial charge in [-0.3, -0.25) is 0 Å². The molecule has 1 aromatic carbocycles. The zero-order valence-electron chi connectivity index (χ0n) is 7.63. The van der Waals surface area contributed by atoms with Crippen LogP contribution in [0.4, 0.5) is 10.1 Å². The van der Waals surface area contributed by atoms with Crippen molar-refractivity contribution in [2.24, 2.45) is 0 Å². The SMILES string of the molecule is CNCCO.Nc1cccc(F)c1. The van der Waals surface area contributed by atoms with Gasteiger partial charge in [0.1, 0.15) is 5.82 Å². The average Bonchev–Trinajstić information content (AvgIpc) is 2.06. The second-order valence-electron chi connectivity index (χ2n) is 2.38. The van der Waals surface area contributed by atoms with Crippen LogP contribution in [0.25, 0.3) is 0 Å². The van der Waals surface area contributed by atoms with E-state index in [2.05, 4.69) is 5.32 Å². The molecule has 0 aliphatic carbocycles. The molecule has 13 heavy (non-hydrogen) atoms. The Balaban J connectivity index is 0.000000252. The summed E-state index contributed by atoms with van der Waals surface area (Å²) in [5, 5.41) is 10.8. The summed E-state index contributed by atoms with van der Waals surface area (Å²) in [6.07, 6.45) is 0. The van der Waals surface area contributed by atoms with Crippen LogP contribution in [-0.4, -0.2) is 25.3 Å². The minimum Gasteiger partial charge on any atom is -0.399 e. The summed E-state index contributed by atoms with van der Waals surface area (Å²) >= 11 is 0. The summed E-state index contributed by atoms with van der Waals surface area (Å²) in [4.78, 5) is 0. The number of hydrogen-bond acceptors (Lipinski definition) is 3. The van der Waals surface area contributed by atoms with Crippen molar-refractivity contribution in [1.82, 2.24) is 5.32 Å². The summed E-state index contributed by atoms with van der Waals surface area (Å²) in [6, 6.07) is 5.85. The number of likely N-dealkylation sites (N-methyl/N-ethyl adjacent to an activating group) is 1. The van der Waals surface area contributed by atoms with Crippen LogP contribution in [0, 0.1) is 5.82 Å². The van der Waals surface area contributed by atoms with Gasteiger partial charge in [0, 0.05) is 12.2 Å². The quantitative estimate of drug-likeness (QED) is 0.593. The van der Waals surface area contributed by atoms with E-state index in [0.29, 0.717) is 12.2 Å². The Bertz CT molecular complexity index is 211. The average molecular weight is 186 g/mol. The standard InChI is InChI=1S/C6H6FN.C3H9NO/c7-5-2-1-3-6(8)4-5;1-4-2-3-5/h1-4H,8H2;4-5H,2-3H2,1H3. The first-order valence-electron chi connectivity index (χ1n) is 3.97. The van der Waals surface area contributed by atoms with Gasteiger partial charge >= 0.3 is 0 Å². The number of aliphatic hydroxyl groups excluding tert-OH is 1. The third-order valence-electron chi connectivity index (χ3n) is 1.21. The fourth-order valence-corrected chi connectivity index (χ4v) is 0.618. The third-order valence-corrected chi connectivity index (χ3v) is 1.21. The Kier molecular flexibility index (Phi) is 6.86. The summed E-state index contributed by atoms with van der Waals surface area (Å²) in [5.74, 6) is -0.287. The van der Waals surface area contributed by atoms with Gasteiger partial charge in [-0.1, -0.05) is 6.07 Å². The maximum atomic E-state index is 12.1. The van der Waals surface area contributed by atoms with Gasteiger partial charge in [0.2, 0.25) is 0 Å². The van der Waals surface area contributed by atoms with E-state index in [-0.39, 0.29) is 12.4 Å². The van der Waals surface area contributed by atoms with E-state index in [1.54, 1.807) is 19.2 Å². The van der Waals surface area contributed by atoms with Crippen molar-refractivity contribution in [2.45, 2.75) is 0 Å². The molecule has 0 radical (unpaired) electrons. The molecule has 0 amide bonds. The number of nitrogen functional groups attached to an aromatic ring is 1. The highest BCUT2D eigenvalue weighted by molar-refractivity contribution is 5.36. The lowest BCUT2D eigenvalue weighted by Crippen LogP contribution is -2.10. The van der Waals surface area contributed by atoms with Gasteiger partial charge in [-0.25, -0.2) is 4.39 Å². The molecular formula is C9H15FN2O. The molecule has 0 unspecified atom stereocenters. The molecule has 0 aliphatic heterocycles. The molecule has 1 rings (SSSR count). The largest absolute Gasteiger partial charge is 0.399 e. The lowest BCUT2D eigenvalue weighted by atomic mass is 10.3. The number of halogens is 1. The van der Waals surface area contributed by atoms with Crippen molar-refractivity contribution in [3.8, 4) is 0 Å². The highest BCUT2D eigenvalue weighted by Crippen LogP contribution is 2.02. The van der Waals surface area contributed by atoms with E-state index in [9.17, 15) is 4.39 Å². The molecule has 0 atom stereocenters. The Labute approximate surface area is 77.4 Å². The molecular weight excluding hydrogens is 171 g/mol. The van der Waals surface area contributed by atoms with Crippen molar-refractivity contribution >= 4 is 5.69 Å². The topological polar surface area (TPSA) is 58.3 Å². The van der Waals surface area contributed by atoms with Crippen LogP contribution < -0.4 is 11.1 Å².